The third-order valence-corrected chi connectivity index (χ3v) is 3.23. The van der Waals surface area contributed by atoms with Gasteiger partial charge in [-0.2, -0.15) is 0 Å². The van der Waals surface area contributed by atoms with Crippen LogP contribution in [0.3, 0.4) is 0 Å². The number of hydrogen-bond acceptors (Lipinski definition) is 3. The molecular weight excluding hydrogens is 293 g/mol. The molecule has 0 aromatic rings. The highest BCUT2D eigenvalue weighted by atomic mass is 127. The first-order valence-electron chi connectivity index (χ1n) is 5.17. The van der Waals surface area contributed by atoms with Crippen LogP contribution in [0.2, 0.25) is 0 Å². The summed E-state index contributed by atoms with van der Waals surface area (Å²) in [7, 11) is 0. The highest BCUT2D eigenvalue weighted by molar-refractivity contribution is 14.1. The van der Waals surface area contributed by atoms with Crippen molar-refractivity contribution in [3.8, 4) is 0 Å². The minimum Gasteiger partial charge on any atom is -0.457 e. The summed E-state index contributed by atoms with van der Waals surface area (Å²) in [5.74, 6) is -0.0869. The van der Waals surface area contributed by atoms with Crippen molar-refractivity contribution < 1.29 is 9.53 Å². The van der Waals surface area contributed by atoms with Crippen molar-refractivity contribution in [2.24, 2.45) is 0 Å². The first-order chi connectivity index (χ1) is 6.59. The fourth-order valence-electron chi connectivity index (χ4n) is 1.70. The Morgan fingerprint density at radius 2 is 2.43 bits per heavy atom. The zero-order valence-electron chi connectivity index (χ0n) is 8.81. The molecular formula is C10H18INO2. The molecule has 1 saturated heterocycles. The molecule has 0 amide bonds. The van der Waals surface area contributed by atoms with Crippen molar-refractivity contribution in [3.63, 3.8) is 0 Å². The highest BCUT2D eigenvalue weighted by Gasteiger charge is 2.34. The van der Waals surface area contributed by atoms with E-state index in [0.717, 1.165) is 32.4 Å². The molecule has 1 N–H and O–H groups in total. The molecule has 0 spiro atoms. The van der Waals surface area contributed by atoms with Crippen LogP contribution in [0.4, 0.5) is 0 Å². The van der Waals surface area contributed by atoms with Crippen molar-refractivity contribution in [2.75, 3.05) is 13.1 Å². The summed E-state index contributed by atoms with van der Waals surface area (Å²) in [4.78, 5) is 11.5. The predicted octanol–water partition coefficient (Wildman–Crippen LogP) is 1.89. The Labute approximate surface area is 99.1 Å². The summed E-state index contributed by atoms with van der Waals surface area (Å²) < 4.78 is 5.52. The second-order valence-corrected chi connectivity index (χ2v) is 5.72. The second kappa shape index (κ2) is 5.30. The number of halogens is 1. The Kier molecular flexibility index (Phi) is 4.63. The van der Waals surface area contributed by atoms with Crippen LogP contribution in [-0.2, 0) is 9.53 Å². The molecule has 0 aromatic carbocycles. The molecule has 1 aliphatic heterocycles. The summed E-state index contributed by atoms with van der Waals surface area (Å²) in [5.41, 5.74) is -0.241. The van der Waals surface area contributed by atoms with Crippen molar-refractivity contribution in [1.82, 2.24) is 5.32 Å². The maximum atomic E-state index is 11.5. The quantitative estimate of drug-likeness (QED) is 0.491. The summed E-state index contributed by atoms with van der Waals surface area (Å²) >= 11 is 2.09. The molecule has 0 radical (unpaired) electrons. The molecule has 1 aliphatic rings. The van der Waals surface area contributed by atoms with E-state index in [0.29, 0.717) is 0 Å². The average molecular weight is 311 g/mol. The van der Waals surface area contributed by atoms with Crippen LogP contribution in [0.5, 0.6) is 0 Å². The maximum absolute atomic E-state index is 11.5. The largest absolute Gasteiger partial charge is 0.457 e. The molecule has 1 rings (SSSR count). The van der Waals surface area contributed by atoms with E-state index in [1.807, 2.05) is 6.92 Å². The van der Waals surface area contributed by atoms with E-state index in [2.05, 4.69) is 34.8 Å². The van der Waals surface area contributed by atoms with E-state index in [-0.39, 0.29) is 15.5 Å². The van der Waals surface area contributed by atoms with Crippen molar-refractivity contribution in [3.05, 3.63) is 0 Å². The number of piperidine rings is 1. The molecule has 82 valence electrons. The van der Waals surface area contributed by atoms with Gasteiger partial charge in [0, 0.05) is 6.54 Å². The molecule has 0 saturated carbocycles. The topological polar surface area (TPSA) is 38.3 Å². The van der Waals surface area contributed by atoms with Crippen LogP contribution in [-0.4, -0.2) is 28.6 Å². The number of hydrogen-bond donors (Lipinski definition) is 1. The lowest BCUT2D eigenvalue weighted by molar-refractivity contribution is -0.160. The van der Waals surface area contributed by atoms with E-state index in [1.54, 1.807) is 0 Å². The third-order valence-electron chi connectivity index (χ3n) is 2.72. The van der Waals surface area contributed by atoms with Gasteiger partial charge in [-0.15, -0.1) is 0 Å². The molecule has 4 heteroatoms. The highest BCUT2D eigenvalue weighted by Crippen LogP contribution is 2.25. The maximum Gasteiger partial charge on any atom is 0.319 e. The first-order valence-corrected chi connectivity index (χ1v) is 6.42. The van der Waals surface area contributed by atoms with E-state index < -0.39 is 0 Å². The molecule has 3 nitrogen and oxygen atoms in total. The molecule has 1 heterocycles. The van der Waals surface area contributed by atoms with Gasteiger partial charge in [-0.3, -0.25) is 4.79 Å². The van der Waals surface area contributed by atoms with E-state index in [1.165, 1.54) is 0 Å². The Morgan fingerprint density at radius 1 is 1.71 bits per heavy atom. The lowest BCUT2D eigenvalue weighted by Gasteiger charge is -2.36. The van der Waals surface area contributed by atoms with E-state index in [9.17, 15) is 4.79 Å². The van der Waals surface area contributed by atoms with Crippen molar-refractivity contribution in [2.45, 2.75) is 42.6 Å². The number of esters is 1. The number of ether oxygens (including phenoxy) is 1. The third kappa shape index (κ3) is 3.08. The first kappa shape index (κ1) is 12.2. The van der Waals surface area contributed by atoms with Gasteiger partial charge in [-0.25, -0.2) is 0 Å². The molecule has 1 fully saturated rings. The lowest BCUT2D eigenvalue weighted by atomic mass is 9.91. The Balaban J connectivity index is 2.56. The normalized spacial score (nSPS) is 29.6. The van der Waals surface area contributed by atoms with Crippen LogP contribution < -0.4 is 5.32 Å². The van der Waals surface area contributed by atoms with E-state index in [4.69, 9.17) is 4.74 Å². The number of carbonyl (C=O) groups excluding carboxylic acids is 1. The zero-order chi connectivity index (χ0) is 10.6. The molecule has 0 aromatic heterocycles. The Morgan fingerprint density at radius 3 is 2.86 bits per heavy atom. The van der Waals surface area contributed by atoms with Gasteiger partial charge in [0.05, 0.1) is 0 Å². The zero-order valence-corrected chi connectivity index (χ0v) is 11.0. The van der Waals surface area contributed by atoms with Gasteiger partial charge in [0.2, 0.25) is 0 Å². The van der Waals surface area contributed by atoms with Crippen LogP contribution in [0, 0.1) is 0 Å². The van der Waals surface area contributed by atoms with E-state index >= 15 is 0 Å². The number of carbonyl (C=O) groups is 1. The molecule has 0 aliphatic carbocycles. The average Bonchev–Trinajstić information content (AvgIpc) is 2.19. The van der Waals surface area contributed by atoms with Crippen LogP contribution in [0.1, 0.15) is 33.1 Å². The summed E-state index contributed by atoms with van der Waals surface area (Å²) in [6.07, 6.45) is 2.98. The van der Waals surface area contributed by atoms with Crippen molar-refractivity contribution in [1.29, 1.82) is 0 Å². The Hall–Kier alpha value is 0.160. The van der Waals surface area contributed by atoms with Gasteiger partial charge in [0.1, 0.15) is 9.53 Å². The monoisotopic (exact) mass is 311 g/mol. The summed E-state index contributed by atoms with van der Waals surface area (Å²) in [6, 6.07) is 0. The van der Waals surface area contributed by atoms with Gasteiger partial charge in [0.15, 0.2) is 0 Å². The molecule has 0 bridgehead atoms. The van der Waals surface area contributed by atoms with Crippen LogP contribution >= 0.6 is 22.6 Å². The number of alkyl halides is 1. The van der Waals surface area contributed by atoms with Gasteiger partial charge < -0.3 is 10.1 Å². The van der Waals surface area contributed by atoms with Gasteiger partial charge >= 0.3 is 5.97 Å². The van der Waals surface area contributed by atoms with Crippen LogP contribution in [0.25, 0.3) is 0 Å². The minimum absolute atomic E-state index is 0.0575. The van der Waals surface area contributed by atoms with Gasteiger partial charge in [0.25, 0.3) is 0 Å². The smallest absolute Gasteiger partial charge is 0.319 e. The molecule has 2 atom stereocenters. The predicted molar refractivity (Wildman–Crippen MR) is 64.7 cm³/mol. The number of nitrogens with one attached hydrogen (secondary N) is 1. The van der Waals surface area contributed by atoms with Crippen LogP contribution in [0.15, 0.2) is 0 Å². The van der Waals surface area contributed by atoms with Gasteiger partial charge in [-0.1, -0.05) is 29.5 Å². The van der Waals surface area contributed by atoms with Gasteiger partial charge in [-0.05, 0) is 32.7 Å². The summed E-state index contributed by atoms with van der Waals surface area (Å²) in [6.45, 7) is 5.79. The SMILES string of the molecule is CCC1(OC(=O)C(C)I)CCCNC1. The Bertz CT molecular complexity index is 200. The fraction of sp³-hybridized carbons (Fsp3) is 0.900. The molecule has 2 unspecified atom stereocenters. The van der Waals surface area contributed by atoms with Crippen molar-refractivity contribution >= 4 is 28.6 Å². The standard InChI is InChI=1S/C10H18INO2/c1-3-10(5-4-6-12-7-10)14-9(13)8(2)11/h8,12H,3-7H2,1-2H3. The molecule has 14 heavy (non-hydrogen) atoms. The number of rotatable bonds is 3. The summed E-state index contributed by atoms with van der Waals surface area (Å²) in [5, 5.41) is 3.29. The minimum atomic E-state index is -0.241. The second-order valence-electron chi connectivity index (χ2n) is 3.85. The fourth-order valence-corrected chi connectivity index (χ4v) is 1.82. The lowest BCUT2D eigenvalue weighted by Crippen LogP contribution is -2.49.